The van der Waals surface area contributed by atoms with E-state index in [0.29, 0.717) is 42.8 Å². The largest absolute Gasteiger partial charge is 0.489 e. The van der Waals surface area contributed by atoms with Crippen LogP contribution in [0.2, 0.25) is 5.02 Å². The molecule has 1 saturated heterocycles. The van der Waals surface area contributed by atoms with Gasteiger partial charge in [0.05, 0.1) is 18.2 Å². The third kappa shape index (κ3) is 4.41. The molecule has 2 aromatic rings. The van der Waals surface area contributed by atoms with Gasteiger partial charge in [-0.3, -0.25) is 4.79 Å². The number of fused-ring (bicyclic) bond motifs is 1. The second kappa shape index (κ2) is 9.00. The average molecular weight is 427 g/mol. The van der Waals surface area contributed by atoms with Crippen molar-refractivity contribution in [1.29, 1.82) is 0 Å². The van der Waals surface area contributed by atoms with Gasteiger partial charge in [0.2, 0.25) is 5.91 Å². The maximum absolute atomic E-state index is 12.7. The Morgan fingerprint density at radius 3 is 2.63 bits per heavy atom. The molecule has 1 amide bonds. The van der Waals surface area contributed by atoms with E-state index in [1.165, 1.54) is 16.8 Å². The number of ether oxygens (including phenoxy) is 2. The minimum atomic E-state index is 0.0128. The molecule has 0 saturated carbocycles. The molecule has 0 aliphatic carbocycles. The molecule has 6 heteroatoms. The Labute approximate surface area is 182 Å². The van der Waals surface area contributed by atoms with Crippen LogP contribution in [-0.2, 0) is 4.79 Å². The Balaban J connectivity index is 1.39. The van der Waals surface area contributed by atoms with E-state index in [1.54, 1.807) is 18.2 Å². The molecule has 2 heterocycles. The third-order valence-corrected chi connectivity index (χ3v) is 6.03. The van der Waals surface area contributed by atoms with Gasteiger partial charge in [-0.05, 0) is 54.8 Å². The van der Waals surface area contributed by atoms with E-state index < -0.39 is 0 Å². The van der Waals surface area contributed by atoms with Crippen LogP contribution in [0.5, 0.6) is 11.5 Å². The highest BCUT2D eigenvalue weighted by molar-refractivity contribution is 6.32. The van der Waals surface area contributed by atoms with Crippen LogP contribution in [0.3, 0.4) is 0 Å². The molecule has 0 aromatic heterocycles. The molecule has 2 aromatic carbocycles. The summed E-state index contributed by atoms with van der Waals surface area (Å²) in [5, 5.41) is 0.503. The summed E-state index contributed by atoms with van der Waals surface area (Å²) in [4.78, 5) is 16.9. The van der Waals surface area contributed by atoms with Crippen molar-refractivity contribution in [3.8, 4) is 11.5 Å². The van der Waals surface area contributed by atoms with E-state index in [0.717, 1.165) is 25.1 Å². The molecular formula is C24H27ClN2O3. The first-order valence-corrected chi connectivity index (χ1v) is 10.8. The van der Waals surface area contributed by atoms with Crippen molar-refractivity contribution in [2.45, 2.75) is 20.3 Å². The maximum atomic E-state index is 12.7. The number of anilines is 1. The Hall–Kier alpha value is -2.66. The monoisotopic (exact) mass is 426 g/mol. The molecule has 0 spiro atoms. The molecule has 2 aliphatic heterocycles. The molecule has 0 radical (unpaired) electrons. The standard InChI is InChI=1S/C24H27ClN2O3/c1-17-5-3-6-21(18(17)2)26-9-11-27(12-10-26)23(28)8-7-19-15-20(25)24-22(16-19)29-13-4-14-30-24/h3,5-8,15-16H,4,9-14H2,1-2H3/b8-7+. The van der Waals surface area contributed by atoms with Crippen molar-refractivity contribution >= 4 is 29.3 Å². The quantitative estimate of drug-likeness (QED) is 0.678. The predicted molar refractivity (Wildman–Crippen MR) is 121 cm³/mol. The number of aryl methyl sites for hydroxylation is 1. The summed E-state index contributed by atoms with van der Waals surface area (Å²) in [6.07, 6.45) is 4.23. The Morgan fingerprint density at radius 1 is 1.07 bits per heavy atom. The normalized spacial score (nSPS) is 16.6. The number of piperazine rings is 1. The van der Waals surface area contributed by atoms with Crippen LogP contribution in [0.4, 0.5) is 5.69 Å². The van der Waals surface area contributed by atoms with Gasteiger partial charge in [-0.15, -0.1) is 0 Å². The van der Waals surface area contributed by atoms with Gasteiger partial charge in [0.15, 0.2) is 11.5 Å². The number of carbonyl (C=O) groups is 1. The van der Waals surface area contributed by atoms with Crippen LogP contribution in [-0.4, -0.2) is 50.2 Å². The summed E-state index contributed by atoms with van der Waals surface area (Å²) in [7, 11) is 0. The Morgan fingerprint density at radius 2 is 1.83 bits per heavy atom. The SMILES string of the molecule is Cc1cccc(N2CCN(C(=O)/C=C/c3cc(Cl)c4c(c3)OCCCO4)CC2)c1C. The van der Waals surface area contributed by atoms with Crippen LogP contribution >= 0.6 is 11.6 Å². The van der Waals surface area contributed by atoms with E-state index in [1.807, 2.05) is 11.0 Å². The maximum Gasteiger partial charge on any atom is 0.246 e. The van der Waals surface area contributed by atoms with Crippen molar-refractivity contribution in [2.24, 2.45) is 0 Å². The lowest BCUT2D eigenvalue weighted by atomic mass is 10.1. The zero-order chi connectivity index (χ0) is 21.1. The number of rotatable bonds is 3. The van der Waals surface area contributed by atoms with Crippen LogP contribution in [0, 0.1) is 13.8 Å². The second-order valence-electron chi connectivity index (χ2n) is 7.75. The molecule has 0 atom stereocenters. The highest BCUT2D eigenvalue weighted by Gasteiger charge is 2.21. The van der Waals surface area contributed by atoms with Crippen LogP contribution in [0.25, 0.3) is 6.08 Å². The molecule has 0 N–H and O–H groups in total. The first kappa shape index (κ1) is 20.6. The summed E-state index contributed by atoms with van der Waals surface area (Å²) in [6, 6.07) is 10.1. The van der Waals surface area contributed by atoms with Crippen LogP contribution < -0.4 is 14.4 Å². The zero-order valence-corrected chi connectivity index (χ0v) is 18.2. The molecule has 2 aliphatic rings. The number of halogens is 1. The fourth-order valence-corrected chi connectivity index (χ4v) is 4.14. The lowest BCUT2D eigenvalue weighted by Gasteiger charge is -2.36. The molecule has 5 nitrogen and oxygen atoms in total. The van der Waals surface area contributed by atoms with E-state index >= 15 is 0 Å². The number of benzene rings is 2. The summed E-state index contributed by atoms with van der Waals surface area (Å²) in [6.45, 7) is 8.56. The highest BCUT2D eigenvalue weighted by Crippen LogP contribution is 2.38. The van der Waals surface area contributed by atoms with Crippen molar-refractivity contribution in [3.05, 3.63) is 58.1 Å². The topological polar surface area (TPSA) is 42.0 Å². The molecule has 0 unspecified atom stereocenters. The molecule has 30 heavy (non-hydrogen) atoms. The minimum absolute atomic E-state index is 0.0128. The summed E-state index contributed by atoms with van der Waals surface area (Å²) in [5.41, 5.74) is 4.69. The van der Waals surface area contributed by atoms with Crippen molar-refractivity contribution < 1.29 is 14.3 Å². The van der Waals surface area contributed by atoms with Gasteiger partial charge >= 0.3 is 0 Å². The number of hydrogen-bond donors (Lipinski definition) is 0. The number of hydrogen-bond acceptors (Lipinski definition) is 4. The smallest absolute Gasteiger partial charge is 0.246 e. The van der Waals surface area contributed by atoms with Gasteiger partial charge in [0.25, 0.3) is 0 Å². The minimum Gasteiger partial charge on any atom is -0.489 e. The lowest BCUT2D eigenvalue weighted by Crippen LogP contribution is -2.48. The average Bonchev–Trinajstić information content (AvgIpc) is 3.00. The molecule has 1 fully saturated rings. The predicted octanol–water partition coefficient (Wildman–Crippen LogP) is 4.48. The van der Waals surface area contributed by atoms with E-state index in [4.69, 9.17) is 21.1 Å². The van der Waals surface area contributed by atoms with E-state index in [2.05, 4.69) is 36.9 Å². The fraction of sp³-hybridized carbons (Fsp3) is 0.375. The van der Waals surface area contributed by atoms with Gasteiger partial charge in [-0.1, -0.05) is 23.7 Å². The summed E-state index contributed by atoms with van der Waals surface area (Å²) < 4.78 is 11.4. The van der Waals surface area contributed by atoms with Gasteiger partial charge < -0.3 is 19.3 Å². The zero-order valence-electron chi connectivity index (χ0n) is 17.5. The summed E-state index contributed by atoms with van der Waals surface area (Å²) >= 11 is 6.34. The van der Waals surface area contributed by atoms with Crippen LogP contribution in [0.15, 0.2) is 36.4 Å². The Bertz CT molecular complexity index is 965. The van der Waals surface area contributed by atoms with Crippen molar-refractivity contribution in [1.82, 2.24) is 4.90 Å². The molecular weight excluding hydrogens is 400 g/mol. The Kier molecular flexibility index (Phi) is 6.18. The number of carbonyl (C=O) groups excluding carboxylic acids is 1. The molecule has 4 rings (SSSR count). The van der Waals surface area contributed by atoms with Crippen molar-refractivity contribution in [2.75, 3.05) is 44.3 Å². The number of nitrogens with zero attached hydrogens (tertiary/aromatic N) is 2. The first-order valence-electron chi connectivity index (χ1n) is 10.4. The molecule has 158 valence electrons. The van der Waals surface area contributed by atoms with E-state index in [9.17, 15) is 4.79 Å². The number of amides is 1. The molecule has 0 bridgehead atoms. The van der Waals surface area contributed by atoms with E-state index in [-0.39, 0.29) is 5.91 Å². The second-order valence-corrected chi connectivity index (χ2v) is 8.15. The lowest BCUT2D eigenvalue weighted by molar-refractivity contribution is -0.126. The van der Waals surface area contributed by atoms with Gasteiger partial charge in [0.1, 0.15) is 0 Å². The summed E-state index contributed by atoms with van der Waals surface area (Å²) in [5.74, 6) is 1.23. The highest BCUT2D eigenvalue weighted by atomic mass is 35.5. The van der Waals surface area contributed by atoms with Gasteiger partial charge in [-0.2, -0.15) is 0 Å². The van der Waals surface area contributed by atoms with Crippen LogP contribution in [0.1, 0.15) is 23.1 Å². The van der Waals surface area contributed by atoms with Gasteiger partial charge in [0, 0.05) is 44.4 Å². The van der Waals surface area contributed by atoms with Gasteiger partial charge in [-0.25, -0.2) is 0 Å². The third-order valence-electron chi connectivity index (χ3n) is 5.75. The first-order chi connectivity index (χ1) is 14.5. The van der Waals surface area contributed by atoms with Crippen molar-refractivity contribution in [3.63, 3.8) is 0 Å². The fourth-order valence-electron chi connectivity index (χ4n) is 3.87.